The van der Waals surface area contributed by atoms with Crippen molar-refractivity contribution in [3.05, 3.63) is 0 Å². The molecule has 0 aromatic rings. The third kappa shape index (κ3) is 1.97. The topological polar surface area (TPSA) is 55.5 Å². The van der Waals surface area contributed by atoms with E-state index < -0.39 is 0 Å². The molecule has 0 aliphatic heterocycles. The highest BCUT2D eigenvalue weighted by Gasteiger charge is 2.35. The number of hydrogen-bond donors (Lipinski definition) is 2. The SMILES string of the molecule is CC(CO)(CON)C1CCCC1. The largest absolute Gasteiger partial charge is 0.396 e. The zero-order valence-corrected chi connectivity index (χ0v) is 7.75. The van der Waals surface area contributed by atoms with Gasteiger partial charge in [0.2, 0.25) is 0 Å². The summed E-state index contributed by atoms with van der Waals surface area (Å²) in [7, 11) is 0. The number of nitrogens with two attached hydrogens (primary N) is 1. The summed E-state index contributed by atoms with van der Waals surface area (Å²) >= 11 is 0. The van der Waals surface area contributed by atoms with Gasteiger partial charge in [-0.3, -0.25) is 0 Å². The van der Waals surface area contributed by atoms with Gasteiger partial charge in [0.25, 0.3) is 0 Å². The van der Waals surface area contributed by atoms with Gasteiger partial charge in [0.1, 0.15) is 0 Å². The van der Waals surface area contributed by atoms with Gasteiger partial charge in [0.15, 0.2) is 0 Å². The molecule has 1 aliphatic rings. The summed E-state index contributed by atoms with van der Waals surface area (Å²) in [5.41, 5.74) is -0.120. The van der Waals surface area contributed by atoms with Crippen molar-refractivity contribution in [1.82, 2.24) is 0 Å². The molecule has 3 nitrogen and oxygen atoms in total. The van der Waals surface area contributed by atoms with Crippen molar-refractivity contribution >= 4 is 0 Å². The lowest BCUT2D eigenvalue weighted by molar-refractivity contribution is -0.0189. The van der Waals surface area contributed by atoms with Crippen LogP contribution < -0.4 is 5.90 Å². The lowest BCUT2D eigenvalue weighted by atomic mass is 9.77. The van der Waals surface area contributed by atoms with Crippen LogP contribution in [0.2, 0.25) is 0 Å². The van der Waals surface area contributed by atoms with Crippen LogP contribution in [-0.4, -0.2) is 18.3 Å². The first-order valence-corrected chi connectivity index (χ1v) is 4.65. The van der Waals surface area contributed by atoms with Crippen LogP contribution in [0.1, 0.15) is 32.6 Å². The van der Waals surface area contributed by atoms with E-state index in [1.807, 2.05) is 0 Å². The summed E-state index contributed by atoms with van der Waals surface area (Å²) < 4.78 is 0. The molecule has 0 radical (unpaired) electrons. The first kappa shape index (κ1) is 9.96. The van der Waals surface area contributed by atoms with E-state index in [9.17, 15) is 5.11 Å². The average molecular weight is 173 g/mol. The minimum absolute atomic E-state index is 0.120. The van der Waals surface area contributed by atoms with Crippen LogP contribution in [0.3, 0.4) is 0 Å². The van der Waals surface area contributed by atoms with Crippen LogP contribution in [0, 0.1) is 11.3 Å². The number of aliphatic hydroxyl groups is 1. The van der Waals surface area contributed by atoms with Gasteiger partial charge < -0.3 is 9.94 Å². The number of hydrogen-bond acceptors (Lipinski definition) is 3. The summed E-state index contributed by atoms with van der Waals surface area (Å²) in [4.78, 5) is 4.65. The van der Waals surface area contributed by atoms with E-state index in [4.69, 9.17) is 5.90 Å². The van der Waals surface area contributed by atoms with E-state index >= 15 is 0 Å². The zero-order valence-electron chi connectivity index (χ0n) is 7.75. The van der Waals surface area contributed by atoms with Gasteiger partial charge in [0.05, 0.1) is 13.2 Å². The van der Waals surface area contributed by atoms with Gasteiger partial charge in [-0.2, -0.15) is 0 Å². The van der Waals surface area contributed by atoms with E-state index in [0.29, 0.717) is 12.5 Å². The van der Waals surface area contributed by atoms with Crippen LogP contribution in [0.25, 0.3) is 0 Å². The molecule has 0 aromatic carbocycles. The molecule has 1 unspecified atom stereocenters. The van der Waals surface area contributed by atoms with Gasteiger partial charge in [-0.05, 0) is 18.8 Å². The first-order chi connectivity index (χ1) is 5.73. The van der Waals surface area contributed by atoms with Crippen molar-refractivity contribution in [2.24, 2.45) is 17.2 Å². The molecule has 12 heavy (non-hydrogen) atoms. The Balaban J connectivity index is 2.51. The van der Waals surface area contributed by atoms with Crippen molar-refractivity contribution < 1.29 is 9.94 Å². The van der Waals surface area contributed by atoms with Gasteiger partial charge in [0, 0.05) is 5.41 Å². The Morgan fingerprint density at radius 2 is 2.08 bits per heavy atom. The molecule has 0 heterocycles. The summed E-state index contributed by atoms with van der Waals surface area (Å²) in [5.74, 6) is 5.64. The summed E-state index contributed by atoms with van der Waals surface area (Å²) in [5, 5.41) is 9.24. The van der Waals surface area contributed by atoms with Crippen LogP contribution in [-0.2, 0) is 4.84 Å². The molecule has 1 aliphatic carbocycles. The van der Waals surface area contributed by atoms with E-state index in [1.165, 1.54) is 25.7 Å². The fourth-order valence-corrected chi connectivity index (χ4v) is 2.11. The Morgan fingerprint density at radius 3 is 2.50 bits per heavy atom. The first-order valence-electron chi connectivity index (χ1n) is 4.65. The fourth-order valence-electron chi connectivity index (χ4n) is 2.11. The van der Waals surface area contributed by atoms with Crippen molar-refractivity contribution in [3.8, 4) is 0 Å². The fraction of sp³-hybridized carbons (Fsp3) is 1.00. The van der Waals surface area contributed by atoms with E-state index in [0.717, 1.165) is 0 Å². The Kier molecular flexibility index (Phi) is 3.50. The van der Waals surface area contributed by atoms with Gasteiger partial charge in [-0.15, -0.1) is 0 Å². The molecular weight excluding hydrogens is 154 g/mol. The Bertz CT molecular complexity index is 134. The van der Waals surface area contributed by atoms with E-state index in [-0.39, 0.29) is 12.0 Å². The third-order valence-corrected chi connectivity index (χ3v) is 3.12. The predicted octanol–water partition coefficient (Wildman–Crippen LogP) is 1.07. The van der Waals surface area contributed by atoms with Crippen LogP contribution in [0.5, 0.6) is 0 Å². The summed E-state index contributed by atoms with van der Waals surface area (Å²) in [6.45, 7) is 2.69. The molecular formula is C9H19NO2. The standard InChI is InChI=1S/C9H19NO2/c1-9(6-11,7-12-10)8-4-2-3-5-8/h8,11H,2-7,10H2,1H3. The molecule has 0 aromatic heterocycles. The number of rotatable bonds is 4. The smallest absolute Gasteiger partial charge is 0.0757 e. The van der Waals surface area contributed by atoms with E-state index in [2.05, 4.69) is 11.8 Å². The zero-order chi connectivity index (χ0) is 9.03. The quantitative estimate of drug-likeness (QED) is 0.625. The van der Waals surface area contributed by atoms with Crippen molar-refractivity contribution in [2.75, 3.05) is 13.2 Å². The lowest BCUT2D eigenvalue weighted by Gasteiger charge is -2.32. The molecule has 1 atom stereocenters. The lowest BCUT2D eigenvalue weighted by Crippen LogP contribution is -2.35. The van der Waals surface area contributed by atoms with Gasteiger partial charge in [-0.25, -0.2) is 5.90 Å². The third-order valence-electron chi connectivity index (χ3n) is 3.12. The highest BCUT2D eigenvalue weighted by atomic mass is 16.6. The molecule has 0 saturated heterocycles. The second-order valence-corrected chi connectivity index (χ2v) is 4.10. The van der Waals surface area contributed by atoms with Gasteiger partial charge in [-0.1, -0.05) is 19.8 Å². The second kappa shape index (κ2) is 4.21. The average Bonchev–Trinajstić information content (AvgIpc) is 2.57. The van der Waals surface area contributed by atoms with Crippen molar-refractivity contribution in [2.45, 2.75) is 32.6 Å². The number of aliphatic hydroxyl groups excluding tert-OH is 1. The second-order valence-electron chi connectivity index (χ2n) is 4.10. The molecule has 0 bridgehead atoms. The Labute approximate surface area is 73.9 Å². The monoisotopic (exact) mass is 173 g/mol. The molecule has 72 valence electrons. The Hall–Kier alpha value is -0.120. The normalized spacial score (nSPS) is 24.2. The van der Waals surface area contributed by atoms with Crippen LogP contribution >= 0.6 is 0 Å². The Morgan fingerprint density at radius 1 is 1.50 bits per heavy atom. The molecule has 1 rings (SSSR count). The molecule has 3 heteroatoms. The summed E-state index contributed by atoms with van der Waals surface area (Å²) in [6, 6.07) is 0. The maximum Gasteiger partial charge on any atom is 0.0757 e. The molecule has 1 saturated carbocycles. The minimum Gasteiger partial charge on any atom is -0.396 e. The summed E-state index contributed by atoms with van der Waals surface area (Å²) in [6.07, 6.45) is 4.98. The molecule has 3 N–H and O–H groups in total. The molecule has 1 fully saturated rings. The minimum atomic E-state index is -0.120. The highest BCUT2D eigenvalue weighted by molar-refractivity contribution is 4.84. The van der Waals surface area contributed by atoms with Crippen molar-refractivity contribution in [3.63, 3.8) is 0 Å². The van der Waals surface area contributed by atoms with E-state index in [1.54, 1.807) is 0 Å². The maximum absolute atomic E-state index is 9.24. The van der Waals surface area contributed by atoms with Crippen LogP contribution in [0.4, 0.5) is 0 Å². The predicted molar refractivity (Wildman–Crippen MR) is 47.3 cm³/mol. The molecule has 0 spiro atoms. The maximum atomic E-state index is 9.24. The van der Waals surface area contributed by atoms with Crippen molar-refractivity contribution in [1.29, 1.82) is 0 Å². The van der Waals surface area contributed by atoms with Crippen LogP contribution in [0.15, 0.2) is 0 Å². The highest BCUT2D eigenvalue weighted by Crippen LogP contribution is 2.39. The van der Waals surface area contributed by atoms with Gasteiger partial charge >= 0.3 is 0 Å². The molecule has 0 amide bonds.